The van der Waals surface area contributed by atoms with Crippen molar-refractivity contribution in [1.29, 1.82) is 0 Å². The predicted octanol–water partition coefficient (Wildman–Crippen LogP) is 1.98. The molecule has 0 amide bonds. The maximum atomic E-state index is 12.0. The number of carboxylic acids is 1. The Bertz CT molecular complexity index is 530. The number of aliphatic carboxylic acids is 1. The zero-order valence-corrected chi connectivity index (χ0v) is 12.2. The molecule has 0 bridgehead atoms. The van der Waals surface area contributed by atoms with E-state index in [1.54, 1.807) is 19.1 Å². The minimum absolute atomic E-state index is 0.0410. The van der Waals surface area contributed by atoms with Crippen molar-refractivity contribution in [2.24, 2.45) is 0 Å². The van der Waals surface area contributed by atoms with Crippen molar-refractivity contribution in [2.45, 2.75) is 30.7 Å². The minimum Gasteiger partial charge on any atom is -0.480 e. The Balaban J connectivity index is 2.97. The van der Waals surface area contributed by atoms with Crippen molar-refractivity contribution >= 4 is 31.9 Å². The van der Waals surface area contributed by atoms with Crippen LogP contribution in [0, 0.1) is 0 Å². The van der Waals surface area contributed by atoms with Gasteiger partial charge in [-0.15, -0.1) is 0 Å². The lowest BCUT2D eigenvalue weighted by molar-refractivity contribution is -0.139. The third-order valence-electron chi connectivity index (χ3n) is 2.28. The molecule has 0 saturated heterocycles. The second-order valence-corrected chi connectivity index (χ2v) is 6.39. The standard InChI is InChI=1S/C11H14BrNO4S/c1-2-4-10(11(14)15)13-18(16,17)9-6-3-5-8(12)7-9/h3,5-7,10,13H,2,4H2,1H3,(H,14,15). The van der Waals surface area contributed by atoms with E-state index < -0.39 is 22.0 Å². The highest BCUT2D eigenvalue weighted by atomic mass is 79.9. The van der Waals surface area contributed by atoms with E-state index >= 15 is 0 Å². The van der Waals surface area contributed by atoms with E-state index in [4.69, 9.17) is 5.11 Å². The molecule has 0 saturated carbocycles. The third kappa shape index (κ3) is 4.08. The van der Waals surface area contributed by atoms with Gasteiger partial charge in [0.25, 0.3) is 0 Å². The predicted molar refractivity (Wildman–Crippen MR) is 70.8 cm³/mol. The zero-order chi connectivity index (χ0) is 13.8. The largest absolute Gasteiger partial charge is 0.480 e. The lowest BCUT2D eigenvalue weighted by atomic mass is 10.2. The molecule has 0 aliphatic rings. The summed E-state index contributed by atoms with van der Waals surface area (Å²) in [5.74, 6) is -1.17. The Kier molecular flexibility index (Phi) is 5.30. The van der Waals surface area contributed by atoms with Crippen LogP contribution < -0.4 is 4.72 Å². The molecule has 5 nitrogen and oxygen atoms in total. The van der Waals surface area contributed by atoms with Gasteiger partial charge in [-0.1, -0.05) is 35.3 Å². The summed E-state index contributed by atoms with van der Waals surface area (Å²) in [5.41, 5.74) is 0. The van der Waals surface area contributed by atoms with Crippen LogP contribution in [0.1, 0.15) is 19.8 Å². The molecule has 0 aliphatic carbocycles. The highest BCUT2D eigenvalue weighted by Gasteiger charge is 2.24. The van der Waals surface area contributed by atoms with Gasteiger partial charge in [0.15, 0.2) is 0 Å². The Hall–Kier alpha value is -0.920. The number of benzene rings is 1. The van der Waals surface area contributed by atoms with Gasteiger partial charge in [0.2, 0.25) is 10.0 Å². The van der Waals surface area contributed by atoms with Gasteiger partial charge in [0, 0.05) is 4.47 Å². The highest BCUT2D eigenvalue weighted by Crippen LogP contribution is 2.16. The molecule has 2 N–H and O–H groups in total. The van der Waals surface area contributed by atoms with Gasteiger partial charge in [-0.2, -0.15) is 4.72 Å². The second kappa shape index (κ2) is 6.31. The van der Waals surface area contributed by atoms with Crippen LogP contribution in [0.4, 0.5) is 0 Å². The summed E-state index contributed by atoms with van der Waals surface area (Å²) in [6, 6.07) is 5.01. The molecule has 1 rings (SSSR count). The third-order valence-corrected chi connectivity index (χ3v) is 4.24. The number of carbonyl (C=O) groups is 1. The molecule has 0 heterocycles. The second-order valence-electron chi connectivity index (χ2n) is 3.76. The van der Waals surface area contributed by atoms with Gasteiger partial charge in [0.1, 0.15) is 6.04 Å². The smallest absolute Gasteiger partial charge is 0.321 e. The van der Waals surface area contributed by atoms with Gasteiger partial charge in [-0.25, -0.2) is 8.42 Å². The number of sulfonamides is 1. The number of hydrogen-bond acceptors (Lipinski definition) is 3. The fourth-order valence-electron chi connectivity index (χ4n) is 1.41. The molecule has 0 aliphatic heterocycles. The average molecular weight is 336 g/mol. The van der Waals surface area contributed by atoms with Crippen LogP contribution in [-0.4, -0.2) is 25.5 Å². The first-order valence-corrected chi connectivity index (χ1v) is 7.65. The normalized spacial score (nSPS) is 13.2. The van der Waals surface area contributed by atoms with Crippen molar-refractivity contribution in [3.8, 4) is 0 Å². The summed E-state index contributed by atoms with van der Waals surface area (Å²) in [6.45, 7) is 1.79. The summed E-state index contributed by atoms with van der Waals surface area (Å²) >= 11 is 3.17. The number of halogens is 1. The van der Waals surface area contributed by atoms with Crippen molar-refractivity contribution in [2.75, 3.05) is 0 Å². The molecule has 1 atom stereocenters. The first-order chi connectivity index (χ1) is 8.36. The van der Waals surface area contributed by atoms with E-state index in [9.17, 15) is 13.2 Å². The van der Waals surface area contributed by atoms with Crippen LogP contribution >= 0.6 is 15.9 Å². The molecule has 1 aromatic carbocycles. The fourth-order valence-corrected chi connectivity index (χ4v) is 3.23. The average Bonchev–Trinajstić information content (AvgIpc) is 2.28. The number of nitrogens with one attached hydrogen (secondary N) is 1. The van der Waals surface area contributed by atoms with Gasteiger partial charge in [0.05, 0.1) is 4.90 Å². The Morgan fingerprint density at radius 1 is 1.50 bits per heavy atom. The van der Waals surface area contributed by atoms with Crippen LogP contribution in [0.15, 0.2) is 33.6 Å². The summed E-state index contributed by atoms with van der Waals surface area (Å²) in [5, 5.41) is 8.93. The van der Waals surface area contributed by atoms with E-state index in [2.05, 4.69) is 20.7 Å². The van der Waals surface area contributed by atoms with Gasteiger partial charge >= 0.3 is 5.97 Å². The zero-order valence-electron chi connectivity index (χ0n) is 9.76. The highest BCUT2D eigenvalue weighted by molar-refractivity contribution is 9.10. The molecule has 18 heavy (non-hydrogen) atoms. The number of carboxylic acid groups (broad SMARTS) is 1. The first kappa shape index (κ1) is 15.1. The summed E-state index contributed by atoms with van der Waals surface area (Å²) in [7, 11) is -3.81. The molecule has 0 spiro atoms. The first-order valence-electron chi connectivity index (χ1n) is 5.37. The number of rotatable bonds is 6. The van der Waals surface area contributed by atoms with Crippen molar-refractivity contribution in [3.05, 3.63) is 28.7 Å². The lowest BCUT2D eigenvalue weighted by Crippen LogP contribution is -2.40. The molecule has 1 unspecified atom stereocenters. The summed E-state index contributed by atoms with van der Waals surface area (Å²) in [4.78, 5) is 11.0. The van der Waals surface area contributed by atoms with Gasteiger partial charge < -0.3 is 5.11 Å². The minimum atomic E-state index is -3.81. The van der Waals surface area contributed by atoms with E-state index in [-0.39, 0.29) is 11.3 Å². The van der Waals surface area contributed by atoms with E-state index in [1.165, 1.54) is 12.1 Å². The molecule has 100 valence electrons. The van der Waals surface area contributed by atoms with E-state index in [0.717, 1.165) is 0 Å². The van der Waals surface area contributed by atoms with Gasteiger partial charge in [-0.05, 0) is 24.6 Å². The van der Waals surface area contributed by atoms with Crippen molar-refractivity contribution in [3.63, 3.8) is 0 Å². The Morgan fingerprint density at radius 2 is 2.17 bits per heavy atom. The molecule has 1 aromatic rings. The Morgan fingerprint density at radius 3 is 2.67 bits per heavy atom. The van der Waals surface area contributed by atoms with Crippen molar-refractivity contribution in [1.82, 2.24) is 4.72 Å². The summed E-state index contributed by atoms with van der Waals surface area (Å²) < 4.78 is 26.8. The van der Waals surface area contributed by atoms with Crippen LogP contribution in [0.2, 0.25) is 0 Å². The van der Waals surface area contributed by atoms with Gasteiger partial charge in [-0.3, -0.25) is 4.79 Å². The topological polar surface area (TPSA) is 83.5 Å². The van der Waals surface area contributed by atoms with E-state index in [0.29, 0.717) is 10.9 Å². The fraction of sp³-hybridized carbons (Fsp3) is 0.364. The van der Waals surface area contributed by atoms with Crippen LogP contribution in [-0.2, 0) is 14.8 Å². The van der Waals surface area contributed by atoms with Crippen LogP contribution in [0.3, 0.4) is 0 Å². The molecule has 0 aromatic heterocycles. The monoisotopic (exact) mass is 335 g/mol. The Labute approximate surface area is 114 Å². The maximum absolute atomic E-state index is 12.0. The molecule has 0 fully saturated rings. The number of hydrogen-bond donors (Lipinski definition) is 2. The molecule has 0 radical (unpaired) electrons. The molecule has 7 heteroatoms. The maximum Gasteiger partial charge on any atom is 0.321 e. The van der Waals surface area contributed by atoms with E-state index in [1.807, 2.05) is 0 Å². The quantitative estimate of drug-likeness (QED) is 0.832. The molecular weight excluding hydrogens is 322 g/mol. The van der Waals surface area contributed by atoms with Crippen LogP contribution in [0.5, 0.6) is 0 Å². The van der Waals surface area contributed by atoms with Crippen molar-refractivity contribution < 1.29 is 18.3 Å². The summed E-state index contributed by atoms with van der Waals surface area (Å²) in [6.07, 6.45) is 0.834. The molecular formula is C11H14BrNO4S. The lowest BCUT2D eigenvalue weighted by Gasteiger charge is -2.14. The van der Waals surface area contributed by atoms with Crippen LogP contribution in [0.25, 0.3) is 0 Å². The SMILES string of the molecule is CCCC(NS(=O)(=O)c1cccc(Br)c1)C(=O)O.